The van der Waals surface area contributed by atoms with Crippen LogP contribution in [-0.4, -0.2) is 0 Å². The SMILES string of the molecule is C=CCCCCCC(NN)c1cc(C)ccc1F. The van der Waals surface area contributed by atoms with Crippen molar-refractivity contribution < 1.29 is 4.39 Å². The van der Waals surface area contributed by atoms with Crippen molar-refractivity contribution >= 4 is 0 Å². The lowest BCUT2D eigenvalue weighted by molar-refractivity contribution is 0.462. The van der Waals surface area contributed by atoms with Crippen LogP contribution >= 0.6 is 0 Å². The molecule has 0 amide bonds. The molecule has 3 N–H and O–H groups in total. The molecule has 3 heteroatoms. The van der Waals surface area contributed by atoms with E-state index in [1.807, 2.05) is 19.1 Å². The zero-order chi connectivity index (χ0) is 13.4. The van der Waals surface area contributed by atoms with Crippen LogP contribution in [-0.2, 0) is 0 Å². The minimum absolute atomic E-state index is 0.103. The molecule has 0 bridgehead atoms. The topological polar surface area (TPSA) is 38.0 Å². The van der Waals surface area contributed by atoms with Crippen LogP contribution in [0.5, 0.6) is 0 Å². The van der Waals surface area contributed by atoms with Crippen LogP contribution in [0.3, 0.4) is 0 Å². The minimum Gasteiger partial charge on any atom is -0.271 e. The molecule has 0 aromatic heterocycles. The highest BCUT2D eigenvalue weighted by atomic mass is 19.1. The van der Waals surface area contributed by atoms with Crippen molar-refractivity contribution in [3.8, 4) is 0 Å². The molecule has 100 valence electrons. The predicted octanol–water partition coefficient (Wildman–Crippen LogP) is 3.78. The Balaban J connectivity index is 2.54. The summed E-state index contributed by atoms with van der Waals surface area (Å²) in [5.41, 5.74) is 4.44. The molecule has 0 fully saturated rings. The van der Waals surface area contributed by atoms with E-state index in [-0.39, 0.29) is 11.9 Å². The molecule has 0 radical (unpaired) electrons. The number of nitrogens with one attached hydrogen (secondary N) is 1. The highest BCUT2D eigenvalue weighted by Gasteiger charge is 2.13. The van der Waals surface area contributed by atoms with Crippen molar-refractivity contribution in [1.29, 1.82) is 0 Å². The first-order valence-corrected chi connectivity index (χ1v) is 6.52. The first-order valence-electron chi connectivity index (χ1n) is 6.52. The van der Waals surface area contributed by atoms with Crippen LogP contribution in [0.25, 0.3) is 0 Å². The number of benzene rings is 1. The fraction of sp³-hybridized carbons (Fsp3) is 0.467. The van der Waals surface area contributed by atoms with Gasteiger partial charge in [0.25, 0.3) is 0 Å². The Bertz CT molecular complexity index is 377. The maximum Gasteiger partial charge on any atom is 0.128 e. The van der Waals surface area contributed by atoms with Crippen molar-refractivity contribution in [3.63, 3.8) is 0 Å². The normalized spacial score (nSPS) is 12.4. The maximum absolute atomic E-state index is 13.7. The highest BCUT2D eigenvalue weighted by molar-refractivity contribution is 5.26. The molecule has 18 heavy (non-hydrogen) atoms. The van der Waals surface area contributed by atoms with Gasteiger partial charge in [-0.25, -0.2) is 4.39 Å². The second kappa shape index (κ2) is 8.01. The van der Waals surface area contributed by atoms with Gasteiger partial charge in [-0.1, -0.05) is 36.6 Å². The quantitative estimate of drug-likeness (QED) is 0.319. The van der Waals surface area contributed by atoms with Gasteiger partial charge in [0.15, 0.2) is 0 Å². The predicted molar refractivity (Wildman–Crippen MR) is 74.5 cm³/mol. The van der Waals surface area contributed by atoms with Gasteiger partial charge in [-0.3, -0.25) is 11.3 Å². The van der Waals surface area contributed by atoms with Crippen molar-refractivity contribution in [3.05, 3.63) is 47.8 Å². The number of hydrogen-bond donors (Lipinski definition) is 2. The summed E-state index contributed by atoms with van der Waals surface area (Å²) in [6.07, 6.45) is 7.12. The number of hydrazine groups is 1. The van der Waals surface area contributed by atoms with Gasteiger partial charge in [0.05, 0.1) is 0 Å². The third-order valence-corrected chi connectivity index (χ3v) is 3.13. The van der Waals surface area contributed by atoms with Gasteiger partial charge in [-0.05, 0) is 32.3 Å². The van der Waals surface area contributed by atoms with E-state index in [2.05, 4.69) is 12.0 Å². The van der Waals surface area contributed by atoms with Crippen LogP contribution in [0.2, 0.25) is 0 Å². The number of halogens is 1. The summed E-state index contributed by atoms with van der Waals surface area (Å²) >= 11 is 0. The summed E-state index contributed by atoms with van der Waals surface area (Å²) < 4.78 is 13.7. The van der Waals surface area contributed by atoms with Crippen LogP contribution in [0.15, 0.2) is 30.9 Å². The Hall–Kier alpha value is -1.19. The highest BCUT2D eigenvalue weighted by Crippen LogP contribution is 2.23. The van der Waals surface area contributed by atoms with Crippen LogP contribution < -0.4 is 11.3 Å². The van der Waals surface area contributed by atoms with E-state index in [0.717, 1.165) is 37.7 Å². The van der Waals surface area contributed by atoms with Gasteiger partial charge in [0, 0.05) is 11.6 Å². The zero-order valence-electron chi connectivity index (χ0n) is 11.1. The van der Waals surface area contributed by atoms with Crippen LogP contribution in [0.1, 0.15) is 49.3 Å². The van der Waals surface area contributed by atoms with Crippen LogP contribution in [0, 0.1) is 12.7 Å². The van der Waals surface area contributed by atoms with Crippen molar-refractivity contribution in [2.24, 2.45) is 5.84 Å². The molecular weight excluding hydrogens is 227 g/mol. The second-order valence-corrected chi connectivity index (χ2v) is 4.67. The van der Waals surface area contributed by atoms with Gasteiger partial charge >= 0.3 is 0 Å². The second-order valence-electron chi connectivity index (χ2n) is 4.67. The molecule has 0 aliphatic heterocycles. The van der Waals surface area contributed by atoms with Crippen molar-refractivity contribution in [2.45, 2.75) is 45.1 Å². The smallest absolute Gasteiger partial charge is 0.128 e. The Morgan fingerprint density at radius 3 is 2.83 bits per heavy atom. The first-order chi connectivity index (χ1) is 8.69. The molecule has 0 saturated carbocycles. The molecule has 0 aliphatic rings. The lowest BCUT2D eigenvalue weighted by Crippen LogP contribution is -2.28. The summed E-state index contributed by atoms with van der Waals surface area (Å²) in [4.78, 5) is 0. The fourth-order valence-corrected chi connectivity index (χ4v) is 2.07. The van der Waals surface area contributed by atoms with E-state index in [0.29, 0.717) is 5.56 Å². The number of nitrogens with two attached hydrogens (primary N) is 1. The summed E-state index contributed by atoms with van der Waals surface area (Å²) in [6.45, 7) is 5.66. The molecule has 1 unspecified atom stereocenters. The third kappa shape index (κ3) is 4.59. The molecule has 0 aliphatic carbocycles. The number of aryl methyl sites for hydroxylation is 1. The van der Waals surface area contributed by atoms with Gasteiger partial charge in [0.2, 0.25) is 0 Å². The molecule has 1 rings (SSSR count). The summed E-state index contributed by atoms with van der Waals surface area (Å²) in [7, 11) is 0. The standard InChI is InChI=1S/C15H23FN2/c1-3-4-5-6-7-8-15(18-17)13-11-12(2)9-10-14(13)16/h3,9-11,15,18H,1,4-8,17H2,2H3. The molecule has 2 nitrogen and oxygen atoms in total. The Labute approximate surface area is 109 Å². The minimum atomic E-state index is -0.186. The number of rotatable bonds is 8. The van der Waals surface area contributed by atoms with E-state index in [9.17, 15) is 4.39 Å². The Morgan fingerprint density at radius 1 is 1.39 bits per heavy atom. The van der Waals surface area contributed by atoms with E-state index in [1.54, 1.807) is 6.07 Å². The van der Waals surface area contributed by atoms with E-state index < -0.39 is 0 Å². The molecule has 0 saturated heterocycles. The van der Waals surface area contributed by atoms with Gasteiger partial charge in [-0.2, -0.15) is 0 Å². The maximum atomic E-state index is 13.7. The number of unbranched alkanes of at least 4 members (excludes halogenated alkanes) is 3. The number of hydrogen-bond acceptors (Lipinski definition) is 2. The summed E-state index contributed by atoms with van der Waals surface area (Å²) in [6, 6.07) is 5.04. The van der Waals surface area contributed by atoms with E-state index >= 15 is 0 Å². The molecule has 1 atom stereocenters. The van der Waals surface area contributed by atoms with Crippen LogP contribution in [0.4, 0.5) is 4.39 Å². The fourth-order valence-electron chi connectivity index (χ4n) is 2.07. The zero-order valence-corrected chi connectivity index (χ0v) is 11.1. The molecule has 0 heterocycles. The average Bonchev–Trinajstić information content (AvgIpc) is 2.37. The third-order valence-electron chi connectivity index (χ3n) is 3.13. The first kappa shape index (κ1) is 14.9. The summed E-state index contributed by atoms with van der Waals surface area (Å²) in [5.74, 6) is 5.35. The molecule has 0 spiro atoms. The molecule has 1 aromatic carbocycles. The van der Waals surface area contributed by atoms with Gasteiger partial charge in [0.1, 0.15) is 5.82 Å². The lowest BCUT2D eigenvalue weighted by atomic mass is 9.98. The lowest BCUT2D eigenvalue weighted by Gasteiger charge is -2.17. The Morgan fingerprint density at radius 2 is 2.17 bits per heavy atom. The summed E-state index contributed by atoms with van der Waals surface area (Å²) in [5, 5.41) is 0. The van der Waals surface area contributed by atoms with Gasteiger partial charge in [-0.15, -0.1) is 6.58 Å². The van der Waals surface area contributed by atoms with E-state index in [1.165, 1.54) is 6.07 Å². The van der Waals surface area contributed by atoms with Crippen molar-refractivity contribution in [2.75, 3.05) is 0 Å². The van der Waals surface area contributed by atoms with E-state index in [4.69, 9.17) is 5.84 Å². The van der Waals surface area contributed by atoms with Crippen molar-refractivity contribution in [1.82, 2.24) is 5.43 Å². The largest absolute Gasteiger partial charge is 0.271 e. The molecular formula is C15H23FN2. The Kier molecular flexibility index (Phi) is 6.61. The molecule has 1 aromatic rings. The number of allylic oxidation sites excluding steroid dienone is 1. The average molecular weight is 250 g/mol. The van der Waals surface area contributed by atoms with Gasteiger partial charge < -0.3 is 0 Å². The monoisotopic (exact) mass is 250 g/mol.